The highest BCUT2D eigenvalue weighted by atomic mass is 16.5. The van der Waals surface area contributed by atoms with Gasteiger partial charge in [-0.15, -0.1) is 0 Å². The smallest absolute Gasteiger partial charge is 0.269 e. The number of benzene rings is 1. The van der Waals surface area contributed by atoms with Crippen LogP contribution in [0.5, 0.6) is 5.75 Å². The third kappa shape index (κ3) is 5.57. The summed E-state index contributed by atoms with van der Waals surface area (Å²) < 4.78 is 5.19. The Balaban J connectivity index is 1.86. The molecule has 2 N–H and O–H groups in total. The molecule has 128 valence electrons. The number of ether oxygens (including phenoxy) is 1. The van der Waals surface area contributed by atoms with Crippen molar-refractivity contribution in [3.63, 3.8) is 0 Å². The van der Waals surface area contributed by atoms with Crippen molar-refractivity contribution >= 4 is 11.6 Å². The minimum absolute atomic E-state index is 0.0395. The molecule has 0 fully saturated rings. The lowest BCUT2D eigenvalue weighted by molar-refractivity contribution is 0.0949. The number of carbonyl (C=O) groups is 1. The lowest BCUT2D eigenvalue weighted by Crippen LogP contribution is -2.27. The first-order chi connectivity index (χ1) is 11.4. The van der Waals surface area contributed by atoms with Crippen LogP contribution in [0, 0.1) is 0 Å². The average molecular weight is 327 g/mol. The molecule has 0 unspecified atom stereocenters. The number of rotatable bonds is 6. The van der Waals surface area contributed by atoms with E-state index in [-0.39, 0.29) is 11.4 Å². The van der Waals surface area contributed by atoms with E-state index in [0.29, 0.717) is 12.2 Å². The second kappa shape index (κ2) is 7.81. The first-order valence-corrected chi connectivity index (χ1v) is 8.03. The molecule has 0 aliphatic rings. The number of nitrogens with one attached hydrogen (secondary N) is 2. The highest BCUT2D eigenvalue weighted by molar-refractivity contribution is 5.92. The number of nitrogens with zero attached hydrogens (tertiary/aromatic N) is 1. The Morgan fingerprint density at radius 1 is 1.21 bits per heavy atom. The van der Waals surface area contributed by atoms with Crippen molar-refractivity contribution < 1.29 is 9.53 Å². The molecule has 1 heterocycles. The van der Waals surface area contributed by atoms with E-state index in [2.05, 4.69) is 36.4 Å². The molecule has 1 aromatic heterocycles. The molecule has 0 aliphatic heterocycles. The average Bonchev–Trinajstić information content (AvgIpc) is 2.54. The minimum Gasteiger partial charge on any atom is -0.497 e. The molecule has 5 nitrogen and oxygen atoms in total. The summed E-state index contributed by atoms with van der Waals surface area (Å²) in [5.74, 6) is 0.655. The number of methoxy groups -OCH3 is 1. The van der Waals surface area contributed by atoms with E-state index in [0.717, 1.165) is 23.4 Å². The maximum absolute atomic E-state index is 12.1. The molecule has 0 aliphatic carbocycles. The lowest BCUT2D eigenvalue weighted by Gasteiger charge is -2.21. The summed E-state index contributed by atoms with van der Waals surface area (Å²) in [6.45, 7) is 6.78. The molecule has 0 radical (unpaired) electrons. The summed E-state index contributed by atoms with van der Waals surface area (Å²) in [6.07, 6.45) is 2.43. The Kier molecular flexibility index (Phi) is 5.79. The normalized spacial score (nSPS) is 11.0. The summed E-state index contributed by atoms with van der Waals surface area (Å²) in [5.41, 5.74) is 2.39. The second-order valence-corrected chi connectivity index (χ2v) is 6.66. The maximum Gasteiger partial charge on any atom is 0.269 e. The molecular formula is C19H25N3O2. The molecule has 0 spiro atoms. The maximum atomic E-state index is 12.1. The van der Waals surface area contributed by atoms with Crippen LogP contribution in [0.4, 0.5) is 5.69 Å². The van der Waals surface area contributed by atoms with Crippen molar-refractivity contribution in [1.82, 2.24) is 10.3 Å². The Morgan fingerprint density at radius 3 is 2.62 bits per heavy atom. The van der Waals surface area contributed by atoms with Gasteiger partial charge in [-0.1, -0.05) is 12.1 Å². The fourth-order valence-electron chi connectivity index (χ4n) is 2.27. The van der Waals surface area contributed by atoms with E-state index >= 15 is 0 Å². The highest BCUT2D eigenvalue weighted by Gasteiger charge is 2.11. The molecule has 1 aromatic carbocycles. The molecule has 0 saturated heterocycles. The van der Waals surface area contributed by atoms with Crippen molar-refractivity contribution in [1.29, 1.82) is 0 Å². The van der Waals surface area contributed by atoms with E-state index in [9.17, 15) is 4.79 Å². The molecular weight excluding hydrogens is 302 g/mol. The van der Waals surface area contributed by atoms with Gasteiger partial charge >= 0.3 is 0 Å². The van der Waals surface area contributed by atoms with Crippen molar-refractivity contribution in [3.05, 3.63) is 53.9 Å². The van der Waals surface area contributed by atoms with Crippen LogP contribution in [0.15, 0.2) is 42.6 Å². The SMILES string of the molecule is COc1cccc(CCNC(=O)c2ccc(NC(C)(C)C)cn2)c1. The monoisotopic (exact) mass is 327 g/mol. The summed E-state index contributed by atoms with van der Waals surface area (Å²) >= 11 is 0. The van der Waals surface area contributed by atoms with Crippen molar-refractivity contribution in [2.45, 2.75) is 32.7 Å². The Bertz CT molecular complexity index is 676. The lowest BCUT2D eigenvalue weighted by atomic mass is 10.1. The van der Waals surface area contributed by atoms with Crippen LogP contribution >= 0.6 is 0 Å². The third-order valence-electron chi connectivity index (χ3n) is 3.35. The van der Waals surface area contributed by atoms with Gasteiger partial charge in [-0.2, -0.15) is 0 Å². The van der Waals surface area contributed by atoms with Gasteiger partial charge in [-0.3, -0.25) is 4.79 Å². The third-order valence-corrected chi connectivity index (χ3v) is 3.35. The van der Waals surface area contributed by atoms with E-state index in [4.69, 9.17) is 4.74 Å². The zero-order chi connectivity index (χ0) is 17.6. The molecule has 24 heavy (non-hydrogen) atoms. The van der Waals surface area contributed by atoms with Crippen molar-refractivity contribution in [3.8, 4) is 5.75 Å². The summed E-state index contributed by atoms with van der Waals surface area (Å²) in [6, 6.07) is 11.4. The van der Waals surface area contributed by atoms with Crippen LogP contribution in [-0.4, -0.2) is 30.1 Å². The number of amides is 1. The Labute approximate surface area is 143 Å². The summed E-state index contributed by atoms with van der Waals surface area (Å²) in [4.78, 5) is 16.4. The van der Waals surface area contributed by atoms with Gasteiger partial charge in [-0.05, 0) is 57.0 Å². The standard InChI is InChI=1S/C19H25N3O2/c1-19(2,3)22-15-8-9-17(21-13-15)18(23)20-11-10-14-6-5-7-16(12-14)24-4/h5-9,12-13,22H,10-11H2,1-4H3,(H,20,23). The molecule has 0 bridgehead atoms. The van der Waals surface area contributed by atoms with Gasteiger partial charge in [0.1, 0.15) is 11.4 Å². The quantitative estimate of drug-likeness (QED) is 0.855. The predicted molar refractivity (Wildman–Crippen MR) is 96.6 cm³/mol. The number of anilines is 1. The number of hydrogen-bond acceptors (Lipinski definition) is 4. The largest absolute Gasteiger partial charge is 0.497 e. The topological polar surface area (TPSA) is 63.2 Å². The van der Waals surface area contributed by atoms with Crippen LogP contribution in [0.1, 0.15) is 36.8 Å². The molecule has 0 saturated carbocycles. The first kappa shape index (κ1) is 17.8. The van der Waals surface area contributed by atoms with Gasteiger partial charge in [0, 0.05) is 12.1 Å². The van der Waals surface area contributed by atoms with Crippen LogP contribution in [0.2, 0.25) is 0 Å². The molecule has 1 amide bonds. The van der Waals surface area contributed by atoms with Crippen LogP contribution < -0.4 is 15.4 Å². The van der Waals surface area contributed by atoms with Gasteiger partial charge in [0.2, 0.25) is 0 Å². The van der Waals surface area contributed by atoms with E-state index in [1.165, 1.54) is 0 Å². The number of pyridine rings is 1. The van der Waals surface area contributed by atoms with Crippen LogP contribution in [0.25, 0.3) is 0 Å². The molecule has 0 atom stereocenters. The Hall–Kier alpha value is -2.56. The summed E-state index contributed by atoms with van der Waals surface area (Å²) in [7, 11) is 1.64. The van der Waals surface area contributed by atoms with Crippen molar-refractivity contribution in [2.75, 3.05) is 19.0 Å². The number of carbonyl (C=O) groups excluding carboxylic acids is 1. The fourth-order valence-corrected chi connectivity index (χ4v) is 2.27. The number of hydrogen-bond donors (Lipinski definition) is 2. The predicted octanol–water partition coefficient (Wildman–Crippen LogP) is 3.27. The second-order valence-electron chi connectivity index (χ2n) is 6.66. The summed E-state index contributed by atoms with van der Waals surface area (Å²) in [5, 5.41) is 6.21. The fraction of sp³-hybridized carbons (Fsp3) is 0.368. The Morgan fingerprint density at radius 2 is 2.00 bits per heavy atom. The van der Waals surface area contributed by atoms with Crippen molar-refractivity contribution in [2.24, 2.45) is 0 Å². The van der Waals surface area contributed by atoms with E-state index in [1.54, 1.807) is 19.4 Å². The van der Waals surface area contributed by atoms with Gasteiger partial charge in [0.15, 0.2) is 0 Å². The van der Waals surface area contributed by atoms with Gasteiger partial charge in [0.25, 0.3) is 5.91 Å². The molecule has 2 rings (SSSR count). The van der Waals surface area contributed by atoms with E-state index < -0.39 is 0 Å². The zero-order valence-electron chi connectivity index (χ0n) is 14.7. The van der Waals surface area contributed by atoms with Gasteiger partial charge < -0.3 is 15.4 Å². The van der Waals surface area contributed by atoms with Gasteiger partial charge in [0.05, 0.1) is 19.0 Å². The minimum atomic E-state index is -0.166. The first-order valence-electron chi connectivity index (χ1n) is 8.03. The molecule has 5 heteroatoms. The zero-order valence-corrected chi connectivity index (χ0v) is 14.7. The van der Waals surface area contributed by atoms with Crippen LogP contribution in [-0.2, 0) is 6.42 Å². The molecule has 2 aromatic rings. The van der Waals surface area contributed by atoms with Crippen LogP contribution in [0.3, 0.4) is 0 Å². The van der Waals surface area contributed by atoms with E-state index in [1.807, 2.05) is 30.3 Å². The highest BCUT2D eigenvalue weighted by Crippen LogP contribution is 2.14. The number of aromatic nitrogens is 1. The van der Waals surface area contributed by atoms with Gasteiger partial charge in [-0.25, -0.2) is 4.98 Å².